The van der Waals surface area contributed by atoms with Gasteiger partial charge in [-0.1, -0.05) is 0 Å². The molecule has 2 bridgehead atoms. The van der Waals surface area contributed by atoms with Gasteiger partial charge in [0.1, 0.15) is 0 Å². The number of hydrogen-bond acceptors (Lipinski definition) is 6. The van der Waals surface area contributed by atoms with E-state index >= 15 is 0 Å². The summed E-state index contributed by atoms with van der Waals surface area (Å²) in [5, 5.41) is 13.8. The van der Waals surface area contributed by atoms with Gasteiger partial charge in [-0.25, -0.2) is 4.98 Å². The second kappa shape index (κ2) is 6.53. The average molecular weight is 356 g/mol. The number of non-ortho nitro benzene ring substituents is 1. The monoisotopic (exact) mass is 356 g/mol. The lowest BCUT2D eigenvalue weighted by Gasteiger charge is -2.49. The summed E-state index contributed by atoms with van der Waals surface area (Å²) < 4.78 is 5.58. The largest absolute Gasteiger partial charge is 0.432 e. The van der Waals surface area contributed by atoms with E-state index in [9.17, 15) is 14.9 Å². The molecule has 2 unspecified atom stereocenters. The first-order chi connectivity index (χ1) is 12.5. The predicted octanol–water partition coefficient (Wildman–Crippen LogP) is 2.46. The fourth-order valence-electron chi connectivity index (χ4n) is 4.02. The molecule has 3 aliphatic rings. The molecule has 26 heavy (non-hydrogen) atoms. The Hall–Kier alpha value is -2.74. The van der Waals surface area contributed by atoms with Gasteiger partial charge in [-0.15, -0.1) is 0 Å². The van der Waals surface area contributed by atoms with Gasteiger partial charge in [0.2, 0.25) is 0 Å². The highest BCUT2D eigenvalue weighted by Gasteiger charge is 2.40. The molecule has 0 spiro atoms. The lowest BCUT2D eigenvalue weighted by atomic mass is 9.79. The van der Waals surface area contributed by atoms with Crippen LogP contribution in [0.2, 0.25) is 0 Å². The van der Waals surface area contributed by atoms with Crippen LogP contribution in [-0.4, -0.2) is 45.9 Å². The van der Waals surface area contributed by atoms with Crippen LogP contribution >= 0.6 is 0 Å². The van der Waals surface area contributed by atoms with Crippen molar-refractivity contribution in [2.45, 2.75) is 31.8 Å². The number of hydrogen-bond donors (Lipinski definition) is 1. The molecule has 5 rings (SSSR count). The van der Waals surface area contributed by atoms with Crippen molar-refractivity contribution >= 4 is 11.6 Å². The Bertz CT molecular complexity index is 822. The van der Waals surface area contributed by atoms with Crippen LogP contribution in [0.1, 0.15) is 30.5 Å². The van der Waals surface area contributed by atoms with Gasteiger partial charge < -0.3 is 9.73 Å². The molecule has 0 aliphatic carbocycles. The molecule has 0 saturated carbocycles. The van der Waals surface area contributed by atoms with Gasteiger partial charge in [-0.3, -0.25) is 19.8 Å². The molecule has 2 atom stereocenters. The summed E-state index contributed by atoms with van der Waals surface area (Å²) in [5.74, 6) is 0.612. The summed E-state index contributed by atoms with van der Waals surface area (Å²) in [6.45, 7) is 4.34. The first-order valence-electron chi connectivity index (χ1n) is 8.78. The number of fused-ring (bicyclic) bond motifs is 3. The van der Waals surface area contributed by atoms with E-state index in [2.05, 4.69) is 22.1 Å². The van der Waals surface area contributed by atoms with Gasteiger partial charge in [0, 0.05) is 29.8 Å². The normalized spacial score (nSPS) is 27.3. The summed E-state index contributed by atoms with van der Waals surface area (Å²) in [6, 6.07) is 6.38. The standard InChI is InChI=1S/C18H20N4O4/c1-11-16(13-6-8-21(11)9-7-13)20-17(23)18-19-10-15(26-18)12-2-4-14(5-3-12)22(24)25/h2-5,10-11,13,16H,6-9H2,1H3,(H,20,23). The Balaban J connectivity index is 1.47. The molecule has 136 valence electrons. The molecule has 2 aromatic rings. The lowest BCUT2D eigenvalue weighted by Crippen LogP contribution is -2.62. The van der Waals surface area contributed by atoms with Crippen molar-refractivity contribution in [2.75, 3.05) is 13.1 Å². The molecule has 4 heterocycles. The third-order valence-corrected chi connectivity index (χ3v) is 5.54. The van der Waals surface area contributed by atoms with Gasteiger partial charge in [0.15, 0.2) is 5.76 Å². The number of nitro groups is 1. The maximum absolute atomic E-state index is 12.5. The molecule has 3 fully saturated rings. The number of carbonyl (C=O) groups is 1. The molecule has 3 aliphatic heterocycles. The van der Waals surface area contributed by atoms with Crippen LogP contribution in [0.15, 0.2) is 34.9 Å². The van der Waals surface area contributed by atoms with Crippen LogP contribution in [0.3, 0.4) is 0 Å². The molecule has 8 heteroatoms. The van der Waals surface area contributed by atoms with Crippen molar-refractivity contribution in [3.63, 3.8) is 0 Å². The number of amides is 1. The molecular formula is C18H20N4O4. The zero-order valence-corrected chi connectivity index (χ0v) is 14.4. The number of nitro benzene ring substituents is 1. The smallest absolute Gasteiger partial charge is 0.307 e. The number of rotatable bonds is 4. The fourth-order valence-corrected chi connectivity index (χ4v) is 4.02. The molecule has 1 aromatic carbocycles. The predicted molar refractivity (Wildman–Crippen MR) is 93.6 cm³/mol. The SMILES string of the molecule is CC1C(NC(=O)c2ncc(-c3ccc([N+](=O)[O-])cc3)o2)C2CCN1CC2. The third kappa shape index (κ3) is 2.96. The van der Waals surface area contributed by atoms with Gasteiger partial charge in [-0.2, -0.15) is 0 Å². The summed E-state index contributed by atoms with van der Waals surface area (Å²) >= 11 is 0. The molecular weight excluding hydrogens is 336 g/mol. The number of carbonyl (C=O) groups excluding carboxylic acids is 1. The quantitative estimate of drug-likeness (QED) is 0.667. The molecule has 1 amide bonds. The van der Waals surface area contributed by atoms with Crippen molar-refractivity contribution in [3.8, 4) is 11.3 Å². The number of piperidine rings is 3. The van der Waals surface area contributed by atoms with Crippen LogP contribution in [-0.2, 0) is 0 Å². The summed E-state index contributed by atoms with van der Waals surface area (Å²) in [4.78, 5) is 29.3. The highest BCUT2D eigenvalue weighted by atomic mass is 16.6. The Labute approximate surface area is 150 Å². The van der Waals surface area contributed by atoms with Crippen LogP contribution in [0.5, 0.6) is 0 Å². The Morgan fingerprint density at radius 3 is 2.62 bits per heavy atom. The number of aromatic nitrogens is 1. The van der Waals surface area contributed by atoms with Gasteiger partial charge in [0.05, 0.1) is 11.1 Å². The first kappa shape index (κ1) is 16.7. The number of oxazole rings is 1. The van der Waals surface area contributed by atoms with E-state index in [1.54, 1.807) is 12.1 Å². The van der Waals surface area contributed by atoms with Crippen molar-refractivity contribution in [1.29, 1.82) is 0 Å². The lowest BCUT2D eigenvalue weighted by molar-refractivity contribution is -0.384. The minimum absolute atomic E-state index is 0.00238. The van der Waals surface area contributed by atoms with Crippen LogP contribution in [0, 0.1) is 16.0 Å². The summed E-state index contributed by atoms with van der Waals surface area (Å²) in [7, 11) is 0. The molecule has 8 nitrogen and oxygen atoms in total. The van der Waals surface area contributed by atoms with E-state index in [0.29, 0.717) is 23.3 Å². The molecule has 3 saturated heterocycles. The Morgan fingerprint density at radius 2 is 2.00 bits per heavy atom. The molecule has 1 N–H and O–H groups in total. The van der Waals surface area contributed by atoms with Gasteiger partial charge >= 0.3 is 5.91 Å². The molecule has 0 radical (unpaired) electrons. The van der Waals surface area contributed by atoms with E-state index in [-0.39, 0.29) is 23.5 Å². The van der Waals surface area contributed by atoms with Crippen molar-refractivity contribution < 1.29 is 14.1 Å². The van der Waals surface area contributed by atoms with E-state index in [4.69, 9.17) is 4.42 Å². The number of nitrogens with one attached hydrogen (secondary N) is 1. The first-order valence-corrected chi connectivity index (χ1v) is 8.78. The van der Waals surface area contributed by atoms with Crippen LogP contribution in [0.4, 0.5) is 5.69 Å². The summed E-state index contributed by atoms with van der Waals surface area (Å²) in [5.41, 5.74) is 0.640. The number of benzene rings is 1. The Morgan fingerprint density at radius 1 is 1.31 bits per heavy atom. The number of nitrogens with zero attached hydrogens (tertiary/aromatic N) is 3. The van der Waals surface area contributed by atoms with Crippen LogP contribution < -0.4 is 5.32 Å². The van der Waals surface area contributed by atoms with Crippen molar-refractivity contribution in [1.82, 2.24) is 15.2 Å². The van der Waals surface area contributed by atoms with E-state index in [1.165, 1.54) is 18.3 Å². The van der Waals surface area contributed by atoms with E-state index in [0.717, 1.165) is 25.9 Å². The average Bonchev–Trinajstić information content (AvgIpc) is 3.15. The van der Waals surface area contributed by atoms with E-state index in [1.807, 2.05) is 0 Å². The topological polar surface area (TPSA) is 102 Å². The minimum atomic E-state index is -0.460. The van der Waals surface area contributed by atoms with Crippen molar-refractivity contribution in [2.24, 2.45) is 5.92 Å². The maximum Gasteiger partial charge on any atom is 0.307 e. The van der Waals surface area contributed by atoms with E-state index < -0.39 is 4.92 Å². The zero-order chi connectivity index (χ0) is 18.3. The minimum Gasteiger partial charge on any atom is -0.432 e. The fraction of sp³-hybridized carbons (Fsp3) is 0.444. The second-order valence-corrected chi connectivity index (χ2v) is 6.95. The maximum atomic E-state index is 12.5. The highest BCUT2D eigenvalue weighted by Crippen LogP contribution is 2.32. The highest BCUT2D eigenvalue weighted by molar-refractivity contribution is 5.90. The summed E-state index contributed by atoms with van der Waals surface area (Å²) in [6.07, 6.45) is 3.68. The third-order valence-electron chi connectivity index (χ3n) is 5.54. The molecule has 1 aromatic heterocycles. The van der Waals surface area contributed by atoms with Crippen molar-refractivity contribution in [3.05, 3.63) is 46.5 Å². The van der Waals surface area contributed by atoms with Gasteiger partial charge in [-0.05, 0) is 50.9 Å². The van der Waals surface area contributed by atoms with Crippen LogP contribution in [0.25, 0.3) is 11.3 Å². The zero-order valence-electron chi connectivity index (χ0n) is 14.4. The Kier molecular flexibility index (Phi) is 4.20. The second-order valence-electron chi connectivity index (χ2n) is 6.95. The van der Waals surface area contributed by atoms with Gasteiger partial charge in [0.25, 0.3) is 11.6 Å².